The summed E-state index contributed by atoms with van der Waals surface area (Å²) in [5, 5.41) is 4.30. The van der Waals surface area contributed by atoms with Crippen molar-refractivity contribution in [2.45, 2.75) is 6.92 Å². The fourth-order valence-corrected chi connectivity index (χ4v) is 3.20. The number of hydrogen-bond donors (Lipinski definition) is 1. The zero-order valence-electron chi connectivity index (χ0n) is 16.5. The number of carbonyl (C=O) groups is 1. The molecule has 0 atom stereocenters. The maximum absolute atomic E-state index is 10.9. The number of pyridine rings is 2. The largest absolute Gasteiger partial charge is 0.457 e. The van der Waals surface area contributed by atoms with Crippen molar-refractivity contribution in [2.75, 3.05) is 17.3 Å². The van der Waals surface area contributed by atoms with Crippen LogP contribution in [0.3, 0.4) is 0 Å². The van der Waals surface area contributed by atoms with Crippen LogP contribution in [0.4, 0.5) is 17.3 Å². The number of fused-ring (bicyclic) bond motifs is 1. The molecule has 0 aliphatic carbocycles. The van der Waals surface area contributed by atoms with Crippen LogP contribution in [0.25, 0.3) is 10.9 Å². The third-order valence-corrected chi connectivity index (χ3v) is 5.45. The highest BCUT2D eigenvalue weighted by molar-refractivity contribution is 9.10. The number of nitrogens with zero attached hydrogens (tertiary/aromatic N) is 3. The number of aromatic nitrogens is 2. The average molecular weight is 463 g/mol. The molecule has 0 radical (unpaired) electrons. The van der Waals surface area contributed by atoms with Gasteiger partial charge >= 0.3 is 0 Å². The second-order valence-corrected chi connectivity index (χ2v) is 7.66. The van der Waals surface area contributed by atoms with Crippen molar-refractivity contribution in [3.63, 3.8) is 0 Å². The number of rotatable bonds is 6. The predicted octanol–water partition coefficient (Wildman–Crippen LogP) is 5.83. The van der Waals surface area contributed by atoms with Crippen molar-refractivity contribution >= 4 is 50.6 Å². The molecule has 4 aromatic rings. The molecule has 0 saturated carbocycles. The highest BCUT2D eigenvalue weighted by atomic mass is 79.9. The summed E-state index contributed by atoms with van der Waals surface area (Å²) in [6.07, 6.45) is 2.31. The van der Waals surface area contributed by atoms with E-state index in [1.54, 1.807) is 25.4 Å². The Morgan fingerprint density at radius 2 is 1.87 bits per heavy atom. The first-order valence-corrected chi connectivity index (χ1v) is 10.1. The normalized spacial score (nSPS) is 10.6. The van der Waals surface area contributed by atoms with E-state index in [9.17, 15) is 4.79 Å². The van der Waals surface area contributed by atoms with Crippen molar-refractivity contribution in [1.29, 1.82) is 0 Å². The van der Waals surface area contributed by atoms with Crippen LogP contribution in [0.15, 0.2) is 71.3 Å². The molecule has 1 amide bonds. The van der Waals surface area contributed by atoms with Crippen LogP contribution in [0.5, 0.6) is 11.5 Å². The van der Waals surface area contributed by atoms with E-state index in [2.05, 4.69) is 37.3 Å². The van der Waals surface area contributed by atoms with Crippen LogP contribution >= 0.6 is 15.9 Å². The molecule has 0 fully saturated rings. The van der Waals surface area contributed by atoms with Crippen LogP contribution in [0, 0.1) is 6.92 Å². The molecule has 2 heterocycles. The van der Waals surface area contributed by atoms with Gasteiger partial charge in [-0.3, -0.25) is 4.79 Å². The van der Waals surface area contributed by atoms with Crippen LogP contribution in [-0.4, -0.2) is 23.4 Å². The van der Waals surface area contributed by atoms with Crippen LogP contribution in [-0.2, 0) is 4.79 Å². The Kier molecular flexibility index (Phi) is 5.63. The van der Waals surface area contributed by atoms with Gasteiger partial charge in [-0.2, -0.15) is 0 Å². The molecule has 0 bridgehead atoms. The zero-order chi connectivity index (χ0) is 21.1. The first kappa shape index (κ1) is 19.8. The number of nitrogens with one attached hydrogen (secondary N) is 1. The lowest BCUT2D eigenvalue weighted by Gasteiger charge is -2.12. The molecule has 4 rings (SSSR count). The Labute approximate surface area is 182 Å². The molecule has 1 N–H and O–H groups in total. The van der Waals surface area contributed by atoms with Gasteiger partial charge in [0.05, 0.1) is 5.52 Å². The predicted molar refractivity (Wildman–Crippen MR) is 123 cm³/mol. The molecule has 6 nitrogen and oxygen atoms in total. The summed E-state index contributed by atoms with van der Waals surface area (Å²) in [6.45, 7) is 2.05. The van der Waals surface area contributed by atoms with Gasteiger partial charge in [-0.1, -0.05) is 15.9 Å². The lowest BCUT2D eigenvalue weighted by atomic mass is 10.2. The van der Waals surface area contributed by atoms with E-state index in [-0.39, 0.29) is 0 Å². The van der Waals surface area contributed by atoms with Gasteiger partial charge < -0.3 is 15.0 Å². The highest BCUT2D eigenvalue weighted by Crippen LogP contribution is 2.28. The van der Waals surface area contributed by atoms with E-state index in [0.29, 0.717) is 23.7 Å². The highest BCUT2D eigenvalue weighted by Gasteiger charge is 2.06. The monoisotopic (exact) mass is 462 g/mol. The maximum atomic E-state index is 10.9. The quantitative estimate of drug-likeness (QED) is 0.365. The Morgan fingerprint density at radius 3 is 2.67 bits per heavy atom. The third-order valence-electron chi connectivity index (χ3n) is 4.56. The summed E-state index contributed by atoms with van der Waals surface area (Å²) >= 11 is 3.52. The second kappa shape index (κ2) is 8.51. The van der Waals surface area contributed by atoms with Crippen molar-refractivity contribution < 1.29 is 9.53 Å². The molecule has 0 aliphatic heterocycles. The Bertz CT molecular complexity index is 1230. The lowest BCUT2D eigenvalue weighted by Crippen LogP contribution is -2.14. The average Bonchev–Trinajstić information content (AvgIpc) is 2.76. The molecule has 0 aliphatic rings. The Morgan fingerprint density at radius 1 is 1.03 bits per heavy atom. The summed E-state index contributed by atoms with van der Waals surface area (Å²) in [7, 11) is 1.64. The van der Waals surface area contributed by atoms with Crippen molar-refractivity contribution in [3.8, 4) is 11.5 Å². The third kappa shape index (κ3) is 4.41. The van der Waals surface area contributed by atoms with E-state index >= 15 is 0 Å². The standard InChI is InChI=1S/C23H19BrN4O2/c1-15-11-17(4-6-20(15)24)26-22-8-3-16-12-18(5-7-21(16)27-22)30-19-9-10-25-23(13-19)28(2)14-29/h3-14H,1-2H3,(H,26,27). The fraction of sp³-hybridized carbons (Fsp3) is 0.0870. The number of anilines is 3. The molecule has 150 valence electrons. The molecule has 0 spiro atoms. The minimum absolute atomic E-state index is 0.517. The molecule has 2 aromatic heterocycles. The van der Waals surface area contributed by atoms with Gasteiger partial charge in [0.15, 0.2) is 0 Å². The van der Waals surface area contributed by atoms with Gasteiger partial charge in [-0.15, -0.1) is 0 Å². The summed E-state index contributed by atoms with van der Waals surface area (Å²) in [4.78, 5) is 21.2. The van der Waals surface area contributed by atoms with Gasteiger partial charge in [0.25, 0.3) is 0 Å². The number of aryl methyl sites for hydroxylation is 1. The van der Waals surface area contributed by atoms with Crippen molar-refractivity contribution in [3.05, 3.63) is 76.9 Å². The summed E-state index contributed by atoms with van der Waals surface area (Å²) in [5.74, 6) is 2.57. The molecule has 7 heteroatoms. The Balaban J connectivity index is 1.54. The van der Waals surface area contributed by atoms with E-state index in [0.717, 1.165) is 32.4 Å². The van der Waals surface area contributed by atoms with Gasteiger partial charge in [0.1, 0.15) is 23.1 Å². The number of halogens is 1. The number of carbonyl (C=O) groups excluding carboxylic acids is 1. The maximum Gasteiger partial charge on any atom is 0.215 e. The number of hydrogen-bond acceptors (Lipinski definition) is 5. The molecule has 0 saturated heterocycles. The van der Waals surface area contributed by atoms with E-state index < -0.39 is 0 Å². The fourth-order valence-electron chi connectivity index (χ4n) is 2.95. The molecule has 2 aromatic carbocycles. The Hall–Kier alpha value is -3.45. The van der Waals surface area contributed by atoms with Crippen LogP contribution in [0.1, 0.15) is 5.56 Å². The molecular weight excluding hydrogens is 444 g/mol. The summed E-state index contributed by atoms with van der Waals surface area (Å²) in [5.41, 5.74) is 3.00. The van der Waals surface area contributed by atoms with E-state index in [1.165, 1.54) is 4.90 Å². The van der Waals surface area contributed by atoms with Crippen molar-refractivity contribution in [1.82, 2.24) is 9.97 Å². The topological polar surface area (TPSA) is 67.3 Å². The number of amides is 1. The summed E-state index contributed by atoms with van der Waals surface area (Å²) in [6, 6.07) is 19.2. The number of ether oxygens (including phenoxy) is 1. The molecular formula is C23H19BrN4O2. The smallest absolute Gasteiger partial charge is 0.215 e. The van der Waals surface area contributed by atoms with Crippen molar-refractivity contribution in [2.24, 2.45) is 0 Å². The summed E-state index contributed by atoms with van der Waals surface area (Å²) < 4.78 is 7.02. The van der Waals surface area contributed by atoms with Gasteiger partial charge in [0.2, 0.25) is 6.41 Å². The first-order valence-electron chi connectivity index (χ1n) is 9.28. The minimum Gasteiger partial charge on any atom is -0.457 e. The van der Waals surface area contributed by atoms with Gasteiger partial charge in [0, 0.05) is 34.9 Å². The van der Waals surface area contributed by atoms with Gasteiger partial charge in [-0.05, 0) is 67.1 Å². The first-order chi connectivity index (χ1) is 14.5. The lowest BCUT2D eigenvalue weighted by molar-refractivity contribution is -0.107. The van der Waals surface area contributed by atoms with E-state index in [4.69, 9.17) is 4.74 Å². The zero-order valence-corrected chi connectivity index (χ0v) is 18.1. The second-order valence-electron chi connectivity index (χ2n) is 6.81. The van der Waals surface area contributed by atoms with Crippen LogP contribution < -0.4 is 15.0 Å². The molecule has 30 heavy (non-hydrogen) atoms. The minimum atomic E-state index is 0.517. The SMILES string of the molecule is Cc1cc(Nc2ccc3cc(Oc4ccnc(N(C)C=O)c4)ccc3n2)ccc1Br. The molecule has 0 unspecified atom stereocenters. The van der Waals surface area contributed by atoms with Crippen LogP contribution in [0.2, 0.25) is 0 Å². The van der Waals surface area contributed by atoms with Gasteiger partial charge in [-0.25, -0.2) is 9.97 Å². The van der Waals surface area contributed by atoms with E-state index in [1.807, 2.05) is 49.4 Å². The number of benzene rings is 2.